The monoisotopic (exact) mass is 328 g/mol. The summed E-state index contributed by atoms with van der Waals surface area (Å²) < 4.78 is 19.6. The van der Waals surface area contributed by atoms with Gasteiger partial charge in [0.05, 0.1) is 15.8 Å². The molecule has 0 bridgehead atoms. The Labute approximate surface area is 117 Å². The van der Waals surface area contributed by atoms with E-state index in [-0.39, 0.29) is 18.0 Å². The van der Waals surface area contributed by atoms with E-state index in [1.54, 1.807) is 24.3 Å². The van der Waals surface area contributed by atoms with Crippen LogP contribution in [0.15, 0.2) is 34.1 Å². The topological polar surface area (TPSA) is 26.3 Å². The van der Waals surface area contributed by atoms with Crippen molar-refractivity contribution in [2.24, 2.45) is 0 Å². The molecule has 0 amide bonds. The minimum absolute atomic E-state index is 0.0377. The lowest BCUT2D eigenvalue weighted by atomic mass is 10.1. The van der Waals surface area contributed by atoms with Gasteiger partial charge in [0.25, 0.3) is 0 Å². The number of thiophene rings is 1. The fourth-order valence-corrected chi connectivity index (χ4v) is 2.90. The number of hydrogen-bond acceptors (Lipinski definition) is 3. The van der Waals surface area contributed by atoms with Gasteiger partial charge in [0.15, 0.2) is 17.3 Å². The van der Waals surface area contributed by atoms with Gasteiger partial charge in [-0.25, -0.2) is 4.39 Å². The van der Waals surface area contributed by atoms with Crippen LogP contribution in [0.1, 0.15) is 15.2 Å². The first-order valence-corrected chi connectivity index (χ1v) is 6.82. The zero-order valence-corrected chi connectivity index (χ0v) is 12.0. The first kappa shape index (κ1) is 13.2. The summed E-state index contributed by atoms with van der Waals surface area (Å²) in [4.78, 5) is 12.6. The molecule has 5 heteroatoms. The molecule has 0 saturated heterocycles. The number of benzene rings is 1. The van der Waals surface area contributed by atoms with E-state index in [2.05, 4.69) is 15.9 Å². The summed E-state index contributed by atoms with van der Waals surface area (Å²) in [7, 11) is 1.40. The summed E-state index contributed by atoms with van der Waals surface area (Å²) >= 11 is 4.64. The molecular formula is C13H10BrFO2S. The minimum Gasteiger partial charge on any atom is -0.494 e. The van der Waals surface area contributed by atoms with E-state index in [0.29, 0.717) is 10.4 Å². The molecule has 0 aliphatic heterocycles. The fraction of sp³-hybridized carbons (Fsp3) is 0.154. The Bertz CT molecular complexity index is 580. The number of methoxy groups -OCH3 is 1. The van der Waals surface area contributed by atoms with Gasteiger partial charge in [0, 0.05) is 6.42 Å². The Balaban J connectivity index is 2.22. The molecule has 0 fully saturated rings. The van der Waals surface area contributed by atoms with Gasteiger partial charge in [-0.15, -0.1) is 11.3 Å². The quantitative estimate of drug-likeness (QED) is 0.790. The van der Waals surface area contributed by atoms with E-state index in [4.69, 9.17) is 4.74 Å². The van der Waals surface area contributed by atoms with Gasteiger partial charge in [-0.05, 0) is 39.7 Å². The van der Waals surface area contributed by atoms with Crippen LogP contribution >= 0.6 is 27.3 Å². The first-order valence-electron chi connectivity index (χ1n) is 5.21. The van der Waals surface area contributed by atoms with Crippen molar-refractivity contribution >= 4 is 33.0 Å². The van der Waals surface area contributed by atoms with Crippen LogP contribution in [0.3, 0.4) is 0 Å². The summed E-state index contributed by atoms with van der Waals surface area (Å²) in [6.07, 6.45) is 0.0377. The number of hydrogen-bond donors (Lipinski definition) is 0. The van der Waals surface area contributed by atoms with E-state index in [0.717, 1.165) is 3.79 Å². The van der Waals surface area contributed by atoms with Crippen molar-refractivity contribution in [2.45, 2.75) is 6.42 Å². The summed E-state index contributed by atoms with van der Waals surface area (Å²) in [6, 6.07) is 8.34. The standard InChI is InChI=1S/C13H10BrFO2S/c1-17-10-4-2-3-8(13(10)15)7-9(16)11-5-6-12(14)18-11/h2-6H,7H2,1H3. The predicted molar refractivity (Wildman–Crippen MR) is 73.0 cm³/mol. The number of rotatable bonds is 4. The molecule has 2 rings (SSSR count). The molecule has 2 nitrogen and oxygen atoms in total. The van der Waals surface area contributed by atoms with Gasteiger partial charge in [-0.2, -0.15) is 0 Å². The Morgan fingerprint density at radius 2 is 2.17 bits per heavy atom. The largest absolute Gasteiger partial charge is 0.494 e. The highest BCUT2D eigenvalue weighted by atomic mass is 79.9. The Morgan fingerprint density at radius 3 is 2.78 bits per heavy atom. The van der Waals surface area contributed by atoms with E-state index < -0.39 is 5.82 Å². The van der Waals surface area contributed by atoms with E-state index in [1.165, 1.54) is 24.5 Å². The molecule has 0 saturated carbocycles. The third-order valence-electron chi connectivity index (χ3n) is 2.46. The second-order valence-corrected chi connectivity index (χ2v) is 6.10. The molecule has 0 aliphatic rings. The summed E-state index contributed by atoms with van der Waals surface area (Å²) in [5, 5.41) is 0. The zero-order valence-electron chi connectivity index (χ0n) is 9.57. The molecule has 1 aromatic heterocycles. The van der Waals surface area contributed by atoms with Crippen LogP contribution in [0.25, 0.3) is 0 Å². The number of carbonyl (C=O) groups excluding carboxylic acids is 1. The van der Waals surface area contributed by atoms with Crippen molar-refractivity contribution in [2.75, 3.05) is 7.11 Å². The summed E-state index contributed by atoms with van der Waals surface area (Å²) in [6.45, 7) is 0. The lowest BCUT2D eigenvalue weighted by molar-refractivity contribution is 0.0995. The molecule has 94 valence electrons. The Kier molecular flexibility index (Phi) is 4.14. The Hall–Kier alpha value is -1.20. The summed E-state index contributed by atoms with van der Waals surface area (Å²) in [5.74, 6) is -0.408. The van der Waals surface area contributed by atoms with Crippen LogP contribution in [-0.4, -0.2) is 12.9 Å². The second kappa shape index (κ2) is 5.63. The van der Waals surface area contributed by atoms with Crippen molar-refractivity contribution in [1.29, 1.82) is 0 Å². The first-order chi connectivity index (χ1) is 8.61. The molecule has 0 aliphatic carbocycles. The van der Waals surface area contributed by atoms with Crippen molar-refractivity contribution in [3.8, 4) is 5.75 Å². The average Bonchev–Trinajstić information content (AvgIpc) is 2.78. The lowest BCUT2D eigenvalue weighted by Crippen LogP contribution is -2.04. The normalized spacial score (nSPS) is 10.4. The van der Waals surface area contributed by atoms with Crippen molar-refractivity contribution in [3.05, 3.63) is 50.4 Å². The number of halogens is 2. The van der Waals surface area contributed by atoms with Gasteiger partial charge in [0.1, 0.15) is 0 Å². The number of ether oxygens (including phenoxy) is 1. The molecule has 1 aromatic carbocycles. The highest BCUT2D eigenvalue weighted by Crippen LogP contribution is 2.25. The van der Waals surface area contributed by atoms with E-state index >= 15 is 0 Å². The van der Waals surface area contributed by atoms with Gasteiger partial charge in [-0.3, -0.25) is 4.79 Å². The molecular weight excluding hydrogens is 319 g/mol. The van der Waals surface area contributed by atoms with Crippen LogP contribution in [0.4, 0.5) is 4.39 Å². The third kappa shape index (κ3) is 2.79. The molecule has 0 atom stereocenters. The lowest BCUT2D eigenvalue weighted by Gasteiger charge is -2.06. The zero-order chi connectivity index (χ0) is 13.1. The van der Waals surface area contributed by atoms with Gasteiger partial charge < -0.3 is 4.74 Å². The fourth-order valence-electron chi connectivity index (χ4n) is 1.57. The molecule has 18 heavy (non-hydrogen) atoms. The highest BCUT2D eigenvalue weighted by Gasteiger charge is 2.14. The van der Waals surface area contributed by atoms with Crippen molar-refractivity contribution < 1.29 is 13.9 Å². The molecule has 0 radical (unpaired) electrons. The van der Waals surface area contributed by atoms with Crippen molar-refractivity contribution in [1.82, 2.24) is 0 Å². The van der Waals surface area contributed by atoms with Crippen LogP contribution in [-0.2, 0) is 6.42 Å². The minimum atomic E-state index is -0.469. The van der Waals surface area contributed by atoms with E-state index in [9.17, 15) is 9.18 Å². The predicted octanol–water partition coefficient (Wildman–Crippen LogP) is 4.08. The molecule has 2 aromatic rings. The highest BCUT2D eigenvalue weighted by molar-refractivity contribution is 9.11. The van der Waals surface area contributed by atoms with Crippen LogP contribution in [0, 0.1) is 5.82 Å². The molecule has 0 spiro atoms. The Morgan fingerprint density at radius 1 is 1.39 bits per heavy atom. The third-order valence-corrected chi connectivity index (χ3v) is 4.13. The van der Waals surface area contributed by atoms with Gasteiger partial charge >= 0.3 is 0 Å². The molecule has 1 heterocycles. The van der Waals surface area contributed by atoms with Gasteiger partial charge in [-0.1, -0.05) is 12.1 Å². The number of Topliss-reactive ketones (excluding diaryl/α,β-unsaturated/α-hetero) is 1. The molecule has 0 N–H and O–H groups in total. The van der Waals surface area contributed by atoms with Crippen molar-refractivity contribution in [3.63, 3.8) is 0 Å². The number of carbonyl (C=O) groups is 1. The maximum absolute atomic E-state index is 13.9. The maximum atomic E-state index is 13.9. The number of ketones is 1. The van der Waals surface area contributed by atoms with Gasteiger partial charge in [0.2, 0.25) is 0 Å². The molecule has 0 unspecified atom stereocenters. The average molecular weight is 329 g/mol. The van der Waals surface area contributed by atoms with Crippen LogP contribution < -0.4 is 4.74 Å². The smallest absolute Gasteiger partial charge is 0.177 e. The summed E-state index contributed by atoms with van der Waals surface area (Å²) in [5.41, 5.74) is 0.351. The maximum Gasteiger partial charge on any atom is 0.177 e. The van der Waals surface area contributed by atoms with E-state index in [1.807, 2.05) is 0 Å². The van der Waals surface area contributed by atoms with Crippen LogP contribution in [0.5, 0.6) is 5.75 Å². The van der Waals surface area contributed by atoms with Crippen LogP contribution in [0.2, 0.25) is 0 Å². The second-order valence-electron chi connectivity index (χ2n) is 3.64. The SMILES string of the molecule is COc1cccc(CC(=O)c2ccc(Br)s2)c1F.